The number of nitro benzene ring substituents is 1. The molecule has 1 heterocycles. The molecule has 2 atom stereocenters. The van der Waals surface area contributed by atoms with Crippen molar-refractivity contribution in [3.05, 3.63) is 52.6 Å². The number of rotatable bonds is 7. The van der Waals surface area contributed by atoms with Crippen molar-refractivity contribution in [2.45, 2.75) is 25.9 Å². The molecule has 0 aliphatic heterocycles. The average molecular weight is 345 g/mol. The van der Waals surface area contributed by atoms with Crippen LogP contribution in [0.4, 0.5) is 11.4 Å². The van der Waals surface area contributed by atoms with E-state index in [0.29, 0.717) is 11.3 Å². The second kappa shape index (κ2) is 8.04. The predicted molar refractivity (Wildman–Crippen MR) is 92.0 cm³/mol. The SMILES string of the molecule is COC(=O)/C=C/c1ccc(NC(C)C(C)n2cncn2)c([N+](=O)[O-])c1. The van der Waals surface area contributed by atoms with Crippen molar-refractivity contribution in [2.24, 2.45) is 0 Å². The summed E-state index contributed by atoms with van der Waals surface area (Å²) in [6.07, 6.45) is 5.71. The van der Waals surface area contributed by atoms with Gasteiger partial charge in [0, 0.05) is 18.2 Å². The highest BCUT2D eigenvalue weighted by Gasteiger charge is 2.20. The van der Waals surface area contributed by atoms with Gasteiger partial charge < -0.3 is 10.1 Å². The molecule has 0 amide bonds. The maximum Gasteiger partial charge on any atom is 0.330 e. The number of carbonyl (C=O) groups excluding carboxylic acids is 1. The zero-order chi connectivity index (χ0) is 18.4. The van der Waals surface area contributed by atoms with Gasteiger partial charge in [-0.15, -0.1) is 0 Å². The minimum absolute atomic E-state index is 0.0546. The number of aromatic nitrogens is 3. The Kier molecular flexibility index (Phi) is 5.83. The first-order valence-corrected chi connectivity index (χ1v) is 7.57. The normalized spacial score (nSPS) is 13.4. The molecule has 132 valence electrons. The predicted octanol–water partition coefficient (Wildman–Crippen LogP) is 2.43. The summed E-state index contributed by atoms with van der Waals surface area (Å²) in [5.74, 6) is -0.528. The Morgan fingerprint density at radius 2 is 2.20 bits per heavy atom. The monoisotopic (exact) mass is 345 g/mol. The molecule has 2 aromatic rings. The number of carbonyl (C=O) groups is 1. The minimum atomic E-state index is -0.528. The van der Waals surface area contributed by atoms with Crippen molar-refractivity contribution in [1.29, 1.82) is 0 Å². The highest BCUT2D eigenvalue weighted by Crippen LogP contribution is 2.28. The van der Waals surface area contributed by atoms with E-state index in [1.54, 1.807) is 23.1 Å². The summed E-state index contributed by atoms with van der Waals surface area (Å²) in [6, 6.07) is 4.51. The number of hydrogen-bond donors (Lipinski definition) is 1. The lowest BCUT2D eigenvalue weighted by Crippen LogP contribution is -2.27. The summed E-state index contributed by atoms with van der Waals surface area (Å²) in [5, 5.41) is 18.6. The Labute approximate surface area is 144 Å². The molecule has 1 N–H and O–H groups in total. The van der Waals surface area contributed by atoms with Crippen LogP contribution in [0.3, 0.4) is 0 Å². The van der Waals surface area contributed by atoms with Gasteiger partial charge in [-0.3, -0.25) is 10.1 Å². The van der Waals surface area contributed by atoms with E-state index >= 15 is 0 Å². The summed E-state index contributed by atoms with van der Waals surface area (Å²) in [4.78, 5) is 25.9. The lowest BCUT2D eigenvalue weighted by atomic mass is 10.1. The molecule has 2 rings (SSSR count). The first kappa shape index (κ1) is 18.1. The Hall–Kier alpha value is -3.23. The van der Waals surface area contributed by atoms with Gasteiger partial charge in [0.05, 0.1) is 18.1 Å². The van der Waals surface area contributed by atoms with E-state index in [-0.39, 0.29) is 17.8 Å². The van der Waals surface area contributed by atoms with Gasteiger partial charge >= 0.3 is 5.97 Å². The van der Waals surface area contributed by atoms with Gasteiger partial charge in [0.1, 0.15) is 18.3 Å². The second-order valence-electron chi connectivity index (χ2n) is 5.44. The number of anilines is 1. The van der Waals surface area contributed by atoms with E-state index in [2.05, 4.69) is 20.1 Å². The maximum atomic E-state index is 11.4. The fourth-order valence-corrected chi connectivity index (χ4v) is 2.18. The van der Waals surface area contributed by atoms with Gasteiger partial charge in [-0.1, -0.05) is 6.07 Å². The van der Waals surface area contributed by atoms with Crippen LogP contribution in [0.2, 0.25) is 0 Å². The Bertz CT molecular complexity index is 773. The molecule has 0 aliphatic rings. The van der Waals surface area contributed by atoms with Crippen molar-refractivity contribution >= 4 is 23.4 Å². The third kappa shape index (κ3) is 4.63. The third-order valence-corrected chi connectivity index (χ3v) is 3.79. The number of hydrogen-bond acceptors (Lipinski definition) is 7. The standard InChI is InChI=1S/C16H19N5O4/c1-11(12(2)20-10-17-9-18-20)19-14-6-4-13(5-7-16(22)25-3)8-15(14)21(23)24/h4-12,19H,1-3H3/b7-5+. The molecule has 0 spiro atoms. The molecule has 9 heteroatoms. The van der Waals surface area contributed by atoms with Crippen LogP contribution in [0.5, 0.6) is 0 Å². The largest absolute Gasteiger partial charge is 0.466 e. The van der Waals surface area contributed by atoms with Gasteiger partial charge in [0.15, 0.2) is 0 Å². The maximum absolute atomic E-state index is 11.4. The highest BCUT2D eigenvalue weighted by molar-refractivity contribution is 5.87. The van der Waals surface area contributed by atoms with Crippen LogP contribution in [0.15, 0.2) is 36.9 Å². The molecule has 0 bridgehead atoms. The summed E-state index contributed by atoms with van der Waals surface area (Å²) in [6.45, 7) is 3.84. The van der Waals surface area contributed by atoms with E-state index in [1.165, 1.54) is 31.7 Å². The molecule has 1 aromatic heterocycles. The van der Waals surface area contributed by atoms with Crippen LogP contribution in [-0.4, -0.2) is 38.8 Å². The Balaban J connectivity index is 2.21. The van der Waals surface area contributed by atoms with Gasteiger partial charge in [0.2, 0.25) is 0 Å². The van der Waals surface area contributed by atoms with Crippen molar-refractivity contribution in [1.82, 2.24) is 14.8 Å². The topological polar surface area (TPSA) is 112 Å². The number of esters is 1. The van der Waals surface area contributed by atoms with Gasteiger partial charge in [-0.25, -0.2) is 14.5 Å². The molecule has 1 aromatic carbocycles. The van der Waals surface area contributed by atoms with E-state index in [1.807, 2.05) is 13.8 Å². The number of nitrogens with zero attached hydrogens (tertiary/aromatic N) is 4. The molecule has 0 saturated heterocycles. The minimum Gasteiger partial charge on any atom is -0.466 e. The van der Waals surface area contributed by atoms with E-state index in [0.717, 1.165) is 0 Å². The molecular formula is C16H19N5O4. The molecule has 0 fully saturated rings. The molecule has 25 heavy (non-hydrogen) atoms. The van der Waals surface area contributed by atoms with Crippen molar-refractivity contribution < 1.29 is 14.5 Å². The van der Waals surface area contributed by atoms with Crippen molar-refractivity contribution in [3.63, 3.8) is 0 Å². The van der Waals surface area contributed by atoms with Gasteiger partial charge in [-0.05, 0) is 31.6 Å². The first-order chi connectivity index (χ1) is 11.9. The molecular weight excluding hydrogens is 326 g/mol. The average Bonchev–Trinajstić information content (AvgIpc) is 3.14. The Morgan fingerprint density at radius 1 is 1.44 bits per heavy atom. The van der Waals surface area contributed by atoms with Crippen LogP contribution in [0.25, 0.3) is 6.08 Å². The number of nitrogens with one attached hydrogen (secondary N) is 1. The molecule has 0 radical (unpaired) electrons. The first-order valence-electron chi connectivity index (χ1n) is 7.57. The van der Waals surface area contributed by atoms with E-state index in [4.69, 9.17) is 0 Å². The van der Waals surface area contributed by atoms with Crippen LogP contribution < -0.4 is 5.32 Å². The van der Waals surface area contributed by atoms with Gasteiger partial charge in [0.25, 0.3) is 5.69 Å². The van der Waals surface area contributed by atoms with Crippen molar-refractivity contribution in [3.8, 4) is 0 Å². The highest BCUT2D eigenvalue weighted by atomic mass is 16.6. The van der Waals surface area contributed by atoms with E-state index < -0.39 is 10.9 Å². The zero-order valence-corrected chi connectivity index (χ0v) is 14.1. The zero-order valence-electron chi connectivity index (χ0n) is 14.1. The summed E-state index contributed by atoms with van der Waals surface area (Å²) in [7, 11) is 1.26. The fraction of sp³-hybridized carbons (Fsp3) is 0.312. The fourth-order valence-electron chi connectivity index (χ4n) is 2.18. The van der Waals surface area contributed by atoms with Crippen LogP contribution in [-0.2, 0) is 9.53 Å². The number of nitro groups is 1. The number of benzene rings is 1. The van der Waals surface area contributed by atoms with E-state index in [9.17, 15) is 14.9 Å². The Morgan fingerprint density at radius 3 is 2.80 bits per heavy atom. The summed E-state index contributed by atoms with van der Waals surface area (Å²) < 4.78 is 6.18. The quantitative estimate of drug-likeness (QED) is 0.355. The molecule has 0 aliphatic carbocycles. The smallest absolute Gasteiger partial charge is 0.330 e. The molecule has 0 saturated carbocycles. The number of ether oxygens (including phenoxy) is 1. The molecule has 2 unspecified atom stereocenters. The number of methoxy groups -OCH3 is 1. The second-order valence-corrected chi connectivity index (χ2v) is 5.44. The molecule has 9 nitrogen and oxygen atoms in total. The van der Waals surface area contributed by atoms with Crippen LogP contribution >= 0.6 is 0 Å². The van der Waals surface area contributed by atoms with Crippen molar-refractivity contribution in [2.75, 3.05) is 12.4 Å². The van der Waals surface area contributed by atoms with Gasteiger partial charge in [-0.2, -0.15) is 5.10 Å². The lowest BCUT2D eigenvalue weighted by molar-refractivity contribution is -0.384. The van der Waals surface area contributed by atoms with Crippen LogP contribution in [0.1, 0.15) is 25.5 Å². The summed E-state index contributed by atoms with van der Waals surface area (Å²) >= 11 is 0. The summed E-state index contributed by atoms with van der Waals surface area (Å²) in [5.41, 5.74) is 0.837. The lowest BCUT2D eigenvalue weighted by Gasteiger charge is -2.22. The van der Waals surface area contributed by atoms with Crippen LogP contribution in [0, 0.1) is 10.1 Å². The third-order valence-electron chi connectivity index (χ3n) is 3.79.